The molecule has 1 aromatic heterocycles. The van der Waals surface area contributed by atoms with Gasteiger partial charge < -0.3 is 10.3 Å². The summed E-state index contributed by atoms with van der Waals surface area (Å²) >= 11 is 0. The number of amides is 1. The third-order valence-electron chi connectivity index (χ3n) is 3.79. The number of hydrazine groups is 1. The van der Waals surface area contributed by atoms with Gasteiger partial charge in [0, 0.05) is 24.3 Å². The van der Waals surface area contributed by atoms with Crippen LogP contribution in [-0.2, 0) is 0 Å². The molecule has 19 heavy (non-hydrogen) atoms. The minimum Gasteiger partial charge on any atom is -0.339 e. The molecule has 1 amide bonds. The monoisotopic (exact) mass is 262 g/mol. The number of nitrogens with two attached hydrogens (primary N) is 1. The highest BCUT2D eigenvalue weighted by Crippen LogP contribution is 2.23. The van der Waals surface area contributed by atoms with Crippen LogP contribution in [0.25, 0.3) is 0 Å². The molecule has 1 aromatic rings. The Hall–Kier alpha value is -1.62. The zero-order chi connectivity index (χ0) is 13.8. The summed E-state index contributed by atoms with van der Waals surface area (Å²) in [5.74, 6) is 5.95. The van der Waals surface area contributed by atoms with Crippen LogP contribution >= 0.6 is 0 Å². The standard InChI is InChI=1S/C14H22N4O/c1-10-8-11(9-13(16-10)17-15)14(19)18(2)12-6-4-3-5-7-12/h8-9,12H,3-7,15H2,1-2H3,(H,16,17). The Morgan fingerprint density at radius 2 is 2.05 bits per heavy atom. The van der Waals surface area contributed by atoms with Gasteiger partial charge in [0.05, 0.1) is 0 Å². The predicted molar refractivity (Wildman–Crippen MR) is 75.8 cm³/mol. The van der Waals surface area contributed by atoms with Gasteiger partial charge in [-0.2, -0.15) is 0 Å². The lowest BCUT2D eigenvalue weighted by Crippen LogP contribution is -2.38. The van der Waals surface area contributed by atoms with E-state index in [-0.39, 0.29) is 5.91 Å². The molecule has 3 N–H and O–H groups in total. The lowest BCUT2D eigenvalue weighted by Gasteiger charge is -2.31. The average molecular weight is 262 g/mol. The van der Waals surface area contributed by atoms with Gasteiger partial charge in [0.1, 0.15) is 5.82 Å². The Labute approximate surface area is 114 Å². The molecule has 1 aliphatic rings. The summed E-state index contributed by atoms with van der Waals surface area (Å²) in [4.78, 5) is 18.6. The summed E-state index contributed by atoms with van der Waals surface area (Å²) in [6.07, 6.45) is 5.93. The molecule has 0 unspecified atom stereocenters. The van der Waals surface area contributed by atoms with E-state index in [9.17, 15) is 4.79 Å². The van der Waals surface area contributed by atoms with E-state index in [0.29, 0.717) is 17.4 Å². The van der Waals surface area contributed by atoms with Crippen molar-refractivity contribution in [2.45, 2.75) is 45.1 Å². The predicted octanol–water partition coefficient (Wildman–Crippen LogP) is 2.08. The number of hydrogen-bond acceptors (Lipinski definition) is 4. The van der Waals surface area contributed by atoms with E-state index in [1.165, 1.54) is 19.3 Å². The van der Waals surface area contributed by atoms with Crippen LogP contribution in [0.4, 0.5) is 5.82 Å². The number of rotatable bonds is 3. The summed E-state index contributed by atoms with van der Waals surface area (Å²) in [6.45, 7) is 1.86. The normalized spacial score (nSPS) is 16.2. The quantitative estimate of drug-likeness (QED) is 0.646. The zero-order valence-corrected chi connectivity index (χ0v) is 11.6. The third kappa shape index (κ3) is 3.23. The van der Waals surface area contributed by atoms with Crippen LogP contribution < -0.4 is 11.3 Å². The highest BCUT2D eigenvalue weighted by Gasteiger charge is 2.23. The number of hydrogen-bond donors (Lipinski definition) is 2. The maximum Gasteiger partial charge on any atom is 0.254 e. The molecular weight excluding hydrogens is 240 g/mol. The van der Waals surface area contributed by atoms with Crippen molar-refractivity contribution in [3.05, 3.63) is 23.4 Å². The molecule has 0 bridgehead atoms. The first-order valence-corrected chi connectivity index (χ1v) is 6.84. The van der Waals surface area contributed by atoms with Crippen molar-refractivity contribution in [3.63, 3.8) is 0 Å². The van der Waals surface area contributed by atoms with Gasteiger partial charge in [0.2, 0.25) is 0 Å². The fourth-order valence-electron chi connectivity index (χ4n) is 2.70. The van der Waals surface area contributed by atoms with E-state index in [1.54, 1.807) is 6.07 Å². The number of nitrogens with zero attached hydrogens (tertiary/aromatic N) is 2. The molecule has 1 aliphatic carbocycles. The molecule has 2 rings (SSSR count). The van der Waals surface area contributed by atoms with Crippen molar-refractivity contribution in [1.29, 1.82) is 0 Å². The maximum atomic E-state index is 12.5. The first kappa shape index (κ1) is 13.8. The van der Waals surface area contributed by atoms with Crippen LogP contribution in [0.15, 0.2) is 12.1 Å². The molecule has 5 heteroatoms. The van der Waals surface area contributed by atoms with Crippen LogP contribution in [0.2, 0.25) is 0 Å². The highest BCUT2D eigenvalue weighted by molar-refractivity contribution is 5.95. The molecule has 0 atom stereocenters. The van der Waals surface area contributed by atoms with Crippen molar-refractivity contribution < 1.29 is 4.79 Å². The van der Waals surface area contributed by atoms with Gasteiger partial charge in [-0.3, -0.25) is 4.79 Å². The van der Waals surface area contributed by atoms with Gasteiger partial charge in [-0.25, -0.2) is 10.8 Å². The Bertz CT molecular complexity index is 455. The van der Waals surface area contributed by atoms with E-state index in [1.807, 2.05) is 24.9 Å². The topological polar surface area (TPSA) is 71.2 Å². The second-order valence-electron chi connectivity index (χ2n) is 5.23. The van der Waals surface area contributed by atoms with Gasteiger partial charge in [0.25, 0.3) is 5.91 Å². The van der Waals surface area contributed by atoms with Crippen molar-refractivity contribution in [2.24, 2.45) is 5.84 Å². The number of pyridine rings is 1. The van der Waals surface area contributed by atoms with E-state index in [0.717, 1.165) is 18.5 Å². The van der Waals surface area contributed by atoms with E-state index >= 15 is 0 Å². The largest absolute Gasteiger partial charge is 0.339 e. The number of carbonyl (C=O) groups is 1. The molecular formula is C14H22N4O. The Morgan fingerprint density at radius 1 is 1.37 bits per heavy atom. The fraction of sp³-hybridized carbons (Fsp3) is 0.571. The second kappa shape index (κ2) is 6.02. The van der Waals surface area contributed by atoms with Gasteiger partial charge in [0.15, 0.2) is 0 Å². The zero-order valence-electron chi connectivity index (χ0n) is 11.6. The molecule has 5 nitrogen and oxygen atoms in total. The number of carbonyl (C=O) groups excluding carboxylic acids is 1. The van der Waals surface area contributed by atoms with Crippen LogP contribution in [0.5, 0.6) is 0 Å². The summed E-state index contributed by atoms with van der Waals surface area (Å²) in [6, 6.07) is 3.88. The van der Waals surface area contributed by atoms with E-state index in [2.05, 4.69) is 10.4 Å². The molecule has 1 heterocycles. The van der Waals surface area contributed by atoms with Crippen LogP contribution in [-0.4, -0.2) is 28.9 Å². The smallest absolute Gasteiger partial charge is 0.254 e. The molecule has 0 spiro atoms. The number of aryl methyl sites for hydroxylation is 1. The van der Waals surface area contributed by atoms with Gasteiger partial charge in [-0.15, -0.1) is 0 Å². The minimum atomic E-state index is 0.0499. The van der Waals surface area contributed by atoms with E-state index < -0.39 is 0 Å². The van der Waals surface area contributed by atoms with Gasteiger partial charge >= 0.3 is 0 Å². The van der Waals surface area contributed by atoms with Crippen LogP contribution in [0, 0.1) is 6.92 Å². The number of anilines is 1. The van der Waals surface area contributed by atoms with Crippen LogP contribution in [0.3, 0.4) is 0 Å². The molecule has 0 aromatic carbocycles. The first-order valence-electron chi connectivity index (χ1n) is 6.84. The molecule has 1 saturated carbocycles. The molecule has 1 fully saturated rings. The lowest BCUT2D eigenvalue weighted by molar-refractivity contribution is 0.0696. The SMILES string of the molecule is Cc1cc(C(=O)N(C)C2CCCCC2)cc(NN)n1. The van der Waals surface area contributed by atoms with Gasteiger partial charge in [-0.1, -0.05) is 19.3 Å². The maximum absolute atomic E-state index is 12.5. The Balaban J connectivity index is 2.15. The van der Waals surface area contributed by atoms with Crippen LogP contribution in [0.1, 0.15) is 48.2 Å². The Kier molecular flexibility index (Phi) is 4.37. The van der Waals surface area contributed by atoms with Crippen molar-refractivity contribution in [3.8, 4) is 0 Å². The first-order chi connectivity index (χ1) is 9.11. The van der Waals surface area contributed by atoms with Crippen molar-refractivity contribution in [2.75, 3.05) is 12.5 Å². The minimum absolute atomic E-state index is 0.0499. The number of aromatic nitrogens is 1. The summed E-state index contributed by atoms with van der Waals surface area (Å²) in [7, 11) is 1.89. The van der Waals surface area contributed by atoms with Gasteiger partial charge in [-0.05, 0) is 31.9 Å². The summed E-state index contributed by atoms with van der Waals surface area (Å²) in [5, 5.41) is 0. The molecule has 0 aliphatic heterocycles. The number of nitrogens with one attached hydrogen (secondary N) is 1. The van der Waals surface area contributed by atoms with Crippen molar-refractivity contribution in [1.82, 2.24) is 9.88 Å². The summed E-state index contributed by atoms with van der Waals surface area (Å²) < 4.78 is 0. The van der Waals surface area contributed by atoms with Crippen molar-refractivity contribution >= 4 is 11.7 Å². The fourth-order valence-corrected chi connectivity index (χ4v) is 2.70. The number of nitrogen functional groups attached to an aromatic ring is 1. The highest BCUT2D eigenvalue weighted by atomic mass is 16.2. The third-order valence-corrected chi connectivity index (χ3v) is 3.79. The Morgan fingerprint density at radius 3 is 2.68 bits per heavy atom. The molecule has 104 valence electrons. The lowest BCUT2D eigenvalue weighted by atomic mass is 9.94. The van der Waals surface area contributed by atoms with E-state index in [4.69, 9.17) is 5.84 Å². The molecule has 0 saturated heterocycles. The average Bonchev–Trinajstić information content (AvgIpc) is 2.46. The molecule has 0 radical (unpaired) electrons. The second-order valence-corrected chi connectivity index (χ2v) is 5.23. The summed E-state index contributed by atoms with van der Waals surface area (Å²) in [5.41, 5.74) is 3.93.